The number of hydrogen-bond acceptors (Lipinski definition) is 0. The molecule has 0 aliphatic heterocycles. The quantitative estimate of drug-likeness (QED) is 0.678. The van der Waals surface area contributed by atoms with Crippen LogP contribution in [0.4, 0.5) is 0 Å². The third-order valence-electron chi connectivity index (χ3n) is 4.95. The van der Waals surface area contributed by atoms with Crippen LogP contribution in [0.15, 0.2) is 54.6 Å². The third-order valence-corrected chi connectivity index (χ3v) is 4.95. The van der Waals surface area contributed by atoms with Crippen LogP contribution in [0, 0.1) is 17.8 Å². The van der Waals surface area contributed by atoms with E-state index in [2.05, 4.69) is 61.6 Å². The molecule has 0 N–H and O–H groups in total. The third kappa shape index (κ3) is 2.54. The number of fused-ring (bicyclic) bond motifs is 1. The number of allylic oxidation sites excluding steroid dienone is 4. The first kappa shape index (κ1) is 12.7. The van der Waals surface area contributed by atoms with E-state index in [0.717, 1.165) is 23.7 Å². The summed E-state index contributed by atoms with van der Waals surface area (Å²) in [7, 11) is 0. The van der Waals surface area contributed by atoms with Crippen molar-refractivity contribution in [2.24, 2.45) is 17.8 Å². The van der Waals surface area contributed by atoms with Gasteiger partial charge in [0.15, 0.2) is 0 Å². The molecule has 1 aromatic rings. The summed E-state index contributed by atoms with van der Waals surface area (Å²) in [5.74, 6) is 3.16. The molecule has 0 heterocycles. The average Bonchev–Trinajstić information content (AvgIpc) is 2.85. The number of hydrogen-bond donors (Lipinski definition) is 0. The Labute approximate surface area is 117 Å². The maximum atomic E-state index is 2.47. The van der Waals surface area contributed by atoms with Crippen LogP contribution in [0.3, 0.4) is 0 Å². The van der Waals surface area contributed by atoms with Crippen LogP contribution in [0.25, 0.3) is 0 Å². The van der Waals surface area contributed by atoms with Crippen LogP contribution < -0.4 is 0 Å². The van der Waals surface area contributed by atoms with Gasteiger partial charge in [0.25, 0.3) is 0 Å². The van der Waals surface area contributed by atoms with E-state index in [1.165, 1.54) is 25.7 Å². The lowest BCUT2D eigenvalue weighted by Gasteiger charge is -2.25. The van der Waals surface area contributed by atoms with Crippen LogP contribution in [0.5, 0.6) is 0 Å². The van der Waals surface area contributed by atoms with Gasteiger partial charge in [0, 0.05) is 0 Å². The number of unbranched alkanes of at least 4 members (excludes halogenated alkanes) is 1. The molecule has 3 rings (SSSR count). The van der Waals surface area contributed by atoms with Crippen molar-refractivity contribution in [3.05, 3.63) is 60.2 Å². The zero-order valence-corrected chi connectivity index (χ0v) is 11.8. The molecule has 0 saturated heterocycles. The number of benzene rings is 1. The van der Waals surface area contributed by atoms with Crippen molar-refractivity contribution < 1.29 is 0 Å². The normalized spacial score (nSPS) is 32.5. The maximum Gasteiger partial charge on any atom is -0.0122 e. The summed E-state index contributed by atoms with van der Waals surface area (Å²) in [6.07, 6.45) is 14.8. The topological polar surface area (TPSA) is 0 Å². The summed E-state index contributed by atoms with van der Waals surface area (Å²) in [6.45, 7) is 2.31. The molecule has 0 nitrogen and oxygen atoms in total. The van der Waals surface area contributed by atoms with Crippen LogP contribution in [0.1, 0.15) is 44.1 Å². The second-order valence-electron chi connectivity index (χ2n) is 6.07. The molecule has 100 valence electrons. The highest BCUT2D eigenvalue weighted by Gasteiger charge is 2.41. The molecule has 1 aromatic carbocycles. The van der Waals surface area contributed by atoms with Gasteiger partial charge in [-0.25, -0.2) is 0 Å². The molecule has 1 fully saturated rings. The minimum Gasteiger partial charge on any atom is -0.0808 e. The van der Waals surface area contributed by atoms with Gasteiger partial charge in [-0.1, -0.05) is 74.4 Å². The zero-order valence-electron chi connectivity index (χ0n) is 11.8. The molecule has 2 aliphatic rings. The van der Waals surface area contributed by atoms with Gasteiger partial charge < -0.3 is 0 Å². The van der Waals surface area contributed by atoms with E-state index in [1.807, 2.05) is 0 Å². The van der Waals surface area contributed by atoms with Gasteiger partial charge in [-0.2, -0.15) is 0 Å². The largest absolute Gasteiger partial charge is 0.0808 e. The Morgan fingerprint density at radius 1 is 1.05 bits per heavy atom. The van der Waals surface area contributed by atoms with E-state index < -0.39 is 0 Å². The van der Waals surface area contributed by atoms with E-state index in [9.17, 15) is 0 Å². The predicted octanol–water partition coefficient (Wildman–Crippen LogP) is 5.34. The van der Waals surface area contributed by atoms with Crippen molar-refractivity contribution >= 4 is 0 Å². The molecule has 0 aromatic heterocycles. The monoisotopic (exact) mass is 252 g/mol. The van der Waals surface area contributed by atoms with Crippen molar-refractivity contribution in [3.8, 4) is 0 Å². The minimum absolute atomic E-state index is 0.759. The SMILES string of the molecule is CCCCC1C(c2ccccc2)CC2C=CC=CC21. The zero-order chi connectivity index (χ0) is 13.1. The van der Waals surface area contributed by atoms with Gasteiger partial charge in [0.2, 0.25) is 0 Å². The molecule has 0 radical (unpaired) electrons. The van der Waals surface area contributed by atoms with Gasteiger partial charge in [-0.05, 0) is 42.1 Å². The maximum absolute atomic E-state index is 2.47. The Kier molecular flexibility index (Phi) is 3.87. The molecule has 0 spiro atoms. The molecule has 4 atom stereocenters. The standard InChI is InChI=1S/C19H24/c1-2-3-12-18-17-13-8-7-11-16(17)14-19(18)15-9-5-4-6-10-15/h4-11,13,16-19H,2-3,12,14H2,1H3. The molecular weight excluding hydrogens is 228 g/mol. The van der Waals surface area contributed by atoms with E-state index in [1.54, 1.807) is 5.56 Å². The van der Waals surface area contributed by atoms with Crippen LogP contribution in [-0.4, -0.2) is 0 Å². The summed E-state index contributed by atoms with van der Waals surface area (Å²) in [4.78, 5) is 0. The lowest BCUT2D eigenvalue weighted by molar-refractivity contribution is 0.359. The van der Waals surface area contributed by atoms with Crippen molar-refractivity contribution in [2.45, 2.75) is 38.5 Å². The highest BCUT2D eigenvalue weighted by Crippen LogP contribution is 2.51. The van der Waals surface area contributed by atoms with Crippen LogP contribution >= 0.6 is 0 Å². The Morgan fingerprint density at radius 3 is 2.63 bits per heavy atom. The Hall–Kier alpha value is -1.30. The Bertz CT molecular complexity index is 454. The van der Waals surface area contributed by atoms with Gasteiger partial charge in [-0.15, -0.1) is 0 Å². The second kappa shape index (κ2) is 5.77. The van der Waals surface area contributed by atoms with Crippen molar-refractivity contribution in [1.82, 2.24) is 0 Å². The Morgan fingerprint density at radius 2 is 1.84 bits per heavy atom. The Balaban J connectivity index is 1.85. The summed E-state index contributed by atoms with van der Waals surface area (Å²) in [6, 6.07) is 11.2. The van der Waals surface area contributed by atoms with Crippen molar-refractivity contribution in [1.29, 1.82) is 0 Å². The van der Waals surface area contributed by atoms with Gasteiger partial charge in [-0.3, -0.25) is 0 Å². The number of rotatable bonds is 4. The lowest BCUT2D eigenvalue weighted by atomic mass is 9.80. The highest BCUT2D eigenvalue weighted by molar-refractivity contribution is 5.27. The predicted molar refractivity (Wildman–Crippen MR) is 82.1 cm³/mol. The highest BCUT2D eigenvalue weighted by atomic mass is 14.4. The second-order valence-corrected chi connectivity index (χ2v) is 6.07. The van der Waals surface area contributed by atoms with Gasteiger partial charge in [0.05, 0.1) is 0 Å². The fourth-order valence-electron chi connectivity index (χ4n) is 4.02. The molecule has 0 amide bonds. The summed E-state index contributed by atoms with van der Waals surface area (Å²) >= 11 is 0. The van der Waals surface area contributed by atoms with E-state index >= 15 is 0 Å². The molecule has 0 bridgehead atoms. The first-order chi connectivity index (χ1) is 9.40. The fraction of sp³-hybridized carbons (Fsp3) is 0.474. The summed E-state index contributed by atoms with van der Waals surface area (Å²) in [5.41, 5.74) is 1.56. The van der Waals surface area contributed by atoms with Gasteiger partial charge >= 0.3 is 0 Å². The molecule has 19 heavy (non-hydrogen) atoms. The molecule has 4 unspecified atom stereocenters. The van der Waals surface area contributed by atoms with E-state index in [0.29, 0.717) is 0 Å². The average molecular weight is 252 g/mol. The molecule has 0 heteroatoms. The molecule has 1 saturated carbocycles. The molecule has 2 aliphatic carbocycles. The van der Waals surface area contributed by atoms with Crippen molar-refractivity contribution in [3.63, 3.8) is 0 Å². The minimum atomic E-state index is 0.759. The van der Waals surface area contributed by atoms with E-state index in [4.69, 9.17) is 0 Å². The first-order valence-electron chi connectivity index (χ1n) is 7.80. The van der Waals surface area contributed by atoms with Crippen LogP contribution in [0.2, 0.25) is 0 Å². The van der Waals surface area contributed by atoms with Crippen LogP contribution in [-0.2, 0) is 0 Å². The van der Waals surface area contributed by atoms with Gasteiger partial charge in [0.1, 0.15) is 0 Å². The lowest BCUT2D eigenvalue weighted by Crippen LogP contribution is -2.15. The van der Waals surface area contributed by atoms with Crippen molar-refractivity contribution in [2.75, 3.05) is 0 Å². The fourth-order valence-corrected chi connectivity index (χ4v) is 4.02. The summed E-state index contributed by atoms with van der Waals surface area (Å²) in [5, 5.41) is 0. The summed E-state index contributed by atoms with van der Waals surface area (Å²) < 4.78 is 0. The first-order valence-corrected chi connectivity index (χ1v) is 7.80. The van der Waals surface area contributed by atoms with E-state index in [-0.39, 0.29) is 0 Å². The smallest absolute Gasteiger partial charge is 0.0122 e. The molecular formula is C19H24.